The zero-order valence-corrected chi connectivity index (χ0v) is 13.5. The summed E-state index contributed by atoms with van der Waals surface area (Å²) in [5, 5.41) is 0. The maximum atomic E-state index is 2.42. The van der Waals surface area contributed by atoms with E-state index in [1.807, 2.05) is 0 Å². The summed E-state index contributed by atoms with van der Waals surface area (Å²) in [6.07, 6.45) is 10.7. The van der Waals surface area contributed by atoms with E-state index >= 15 is 0 Å². The van der Waals surface area contributed by atoms with Gasteiger partial charge in [-0.2, -0.15) is 0 Å². The van der Waals surface area contributed by atoms with Gasteiger partial charge in [0, 0.05) is 0 Å². The molecule has 1 rings (SSSR count). The highest BCUT2D eigenvalue weighted by atomic mass is 14.1. The third kappa shape index (κ3) is 5.80. The van der Waals surface area contributed by atoms with Crippen LogP contribution in [0.15, 0.2) is 18.2 Å². The molecule has 0 aliphatic rings. The van der Waals surface area contributed by atoms with Crippen LogP contribution in [0.2, 0.25) is 0 Å². The van der Waals surface area contributed by atoms with Crippen LogP contribution in [0.3, 0.4) is 0 Å². The molecule has 0 saturated heterocycles. The van der Waals surface area contributed by atoms with Gasteiger partial charge in [-0.15, -0.1) is 0 Å². The van der Waals surface area contributed by atoms with Crippen molar-refractivity contribution in [2.75, 3.05) is 0 Å². The first-order valence-electron chi connectivity index (χ1n) is 8.29. The van der Waals surface area contributed by atoms with E-state index < -0.39 is 0 Å². The van der Waals surface area contributed by atoms with Crippen LogP contribution in [0.4, 0.5) is 0 Å². The minimum Gasteiger partial charge on any atom is -0.0654 e. The van der Waals surface area contributed by atoms with Gasteiger partial charge >= 0.3 is 0 Å². The van der Waals surface area contributed by atoms with E-state index in [1.165, 1.54) is 61.6 Å². The summed E-state index contributed by atoms with van der Waals surface area (Å²) in [5.41, 5.74) is 4.50. The van der Waals surface area contributed by atoms with Crippen LogP contribution >= 0.6 is 0 Å². The molecular formula is C19H32. The third-order valence-corrected chi connectivity index (χ3v) is 4.40. The van der Waals surface area contributed by atoms with E-state index in [1.54, 1.807) is 0 Å². The maximum absolute atomic E-state index is 2.42. The van der Waals surface area contributed by atoms with E-state index in [0.717, 1.165) is 12.3 Å². The van der Waals surface area contributed by atoms with Crippen LogP contribution in [-0.4, -0.2) is 0 Å². The van der Waals surface area contributed by atoms with E-state index in [0.29, 0.717) is 0 Å². The first-order chi connectivity index (χ1) is 9.21. The molecule has 0 spiro atoms. The lowest BCUT2D eigenvalue weighted by molar-refractivity contribution is 0.413. The largest absolute Gasteiger partial charge is 0.0654 e. The van der Waals surface area contributed by atoms with E-state index in [4.69, 9.17) is 0 Å². The number of aryl methyl sites for hydroxylation is 3. The van der Waals surface area contributed by atoms with Gasteiger partial charge < -0.3 is 0 Å². The lowest BCUT2D eigenvalue weighted by atomic mass is 9.93. The molecule has 108 valence electrons. The van der Waals surface area contributed by atoms with Crippen molar-refractivity contribution in [3.8, 4) is 0 Å². The molecule has 0 aromatic heterocycles. The van der Waals surface area contributed by atoms with E-state index in [-0.39, 0.29) is 0 Å². The first-order valence-corrected chi connectivity index (χ1v) is 8.29. The summed E-state index contributed by atoms with van der Waals surface area (Å²) in [6.45, 7) is 9.12. The van der Waals surface area contributed by atoms with Gasteiger partial charge in [-0.25, -0.2) is 0 Å². The quantitative estimate of drug-likeness (QED) is 0.471. The molecule has 0 nitrogen and oxygen atoms in total. The standard InChI is InChI=1S/C19H32/c1-5-10-17(6-2)11-8-9-12-18-14-13-16(4)19(7-3)15-18/h13-15,17H,5-12H2,1-4H3. The van der Waals surface area contributed by atoms with Crippen LogP contribution in [-0.2, 0) is 12.8 Å². The molecule has 1 unspecified atom stereocenters. The predicted molar refractivity (Wildman–Crippen MR) is 86.8 cm³/mol. The topological polar surface area (TPSA) is 0 Å². The van der Waals surface area contributed by atoms with Crippen molar-refractivity contribution in [1.82, 2.24) is 0 Å². The number of benzene rings is 1. The molecule has 1 aromatic rings. The highest BCUT2D eigenvalue weighted by molar-refractivity contribution is 5.31. The second-order valence-electron chi connectivity index (χ2n) is 5.92. The number of hydrogen-bond donors (Lipinski definition) is 0. The summed E-state index contributed by atoms with van der Waals surface area (Å²) in [7, 11) is 0. The Morgan fingerprint density at radius 2 is 1.79 bits per heavy atom. The van der Waals surface area contributed by atoms with E-state index in [9.17, 15) is 0 Å². The van der Waals surface area contributed by atoms with Gasteiger partial charge in [0.2, 0.25) is 0 Å². The molecule has 0 aliphatic heterocycles. The molecule has 0 heteroatoms. The molecule has 1 atom stereocenters. The van der Waals surface area contributed by atoms with Crippen LogP contribution in [0.25, 0.3) is 0 Å². The average Bonchev–Trinajstić information content (AvgIpc) is 2.43. The SMILES string of the molecule is CCCC(CC)CCCCc1ccc(C)c(CC)c1. The highest BCUT2D eigenvalue weighted by Crippen LogP contribution is 2.20. The fourth-order valence-corrected chi connectivity index (χ4v) is 2.98. The Kier molecular flexibility index (Phi) is 7.86. The molecule has 1 aromatic carbocycles. The lowest BCUT2D eigenvalue weighted by Gasteiger charge is -2.13. The number of unbranched alkanes of at least 4 members (excludes halogenated alkanes) is 1. The highest BCUT2D eigenvalue weighted by Gasteiger charge is 2.05. The Bertz CT molecular complexity index is 351. The molecule has 0 saturated carbocycles. The van der Waals surface area contributed by atoms with Gasteiger partial charge in [0.1, 0.15) is 0 Å². The molecule has 0 amide bonds. The molecule has 0 N–H and O–H groups in total. The Morgan fingerprint density at radius 1 is 1.00 bits per heavy atom. The van der Waals surface area contributed by atoms with Crippen molar-refractivity contribution in [3.05, 3.63) is 34.9 Å². The smallest absolute Gasteiger partial charge is 0.0279 e. The van der Waals surface area contributed by atoms with Crippen molar-refractivity contribution in [2.24, 2.45) is 5.92 Å². The second-order valence-corrected chi connectivity index (χ2v) is 5.92. The normalized spacial score (nSPS) is 12.6. The summed E-state index contributed by atoms with van der Waals surface area (Å²) in [5.74, 6) is 0.967. The molecular weight excluding hydrogens is 228 g/mol. The summed E-state index contributed by atoms with van der Waals surface area (Å²) >= 11 is 0. The molecule has 0 fully saturated rings. The molecule has 0 radical (unpaired) electrons. The summed E-state index contributed by atoms with van der Waals surface area (Å²) in [4.78, 5) is 0. The van der Waals surface area contributed by atoms with Crippen LogP contribution < -0.4 is 0 Å². The summed E-state index contributed by atoms with van der Waals surface area (Å²) < 4.78 is 0. The predicted octanol–water partition coefficient (Wildman–Crippen LogP) is 6.10. The van der Waals surface area contributed by atoms with Crippen molar-refractivity contribution < 1.29 is 0 Å². The van der Waals surface area contributed by atoms with Gasteiger partial charge in [-0.1, -0.05) is 71.1 Å². The molecule has 0 aliphatic carbocycles. The van der Waals surface area contributed by atoms with Gasteiger partial charge in [-0.05, 0) is 48.8 Å². The van der Waals surface area contributed by atoms with E-state index in [2.05, 4.69) is 45.9 Å². The minimum atomic E-state index is 0.967. The van der Waals surface area contributed by atoms with Gasteiger partial charge in [-0.3, -0.25) is 0 Å². The van der Waals surface area contributed by atoms with Gasteiger partial charge in [0.15, 0.2) is 0 Å². The lowest BCUT2D eigenvalue weighted by Crippen LogP contribution is -1.99. The fraction of sp³-hybridized carbons (Fsp3) is 0.684. The monoisotopic (exact) mass is 260 g/mol. The Balaban J connectivity index is 2.33. The third-order valence-electron chi connectivity index (χ3n) is 4.40. The average molecular weight is 260 g/mol. The minimum absolute atomic E-state index is 0.967. The maximum Gasteiger partial charge on any atom is -0.0279 e. The first kappa shape index (κ1) is 16.3. The number of rotatable bonds is 9. The Hall–Kier alpha value is -0.780. The molecule has 0 bridgehead atoms. The molecule has 19 heavy (non-hydrogen) atoms. The Labute approximate surface area is 120 Å². The van der Waals surface area contributed by atoms with Crippen molar-refractivity contribution >= 4 is 0 Å². The number of hydrogen-bond acceptors (Lipinski definition) is 0. The Morgan fingerprint density at radius 3 is 2.42 bits per heavy atom. The summed E-state index contributed by atoms with van der Waals surface area (Å²) in [6, 6.07) is 7.02. The molecule has 0 heterocycles. The van der Waals surface area contributed by atoms with Gasteiger partial charge in [0.25, 0.3) is 0 Å². The van der Waals surface area contributed by atoms with Gasteiger partial charge in [0.05, 0.1) is 0 Å². The second kappa shape index (κ2) is 9.18. The van der Waals surface area contributed by atoms with Crippen molar-refractivity contribution in [2.45, 2.75) is 79.1 Å². The van der Waals surface area contributed by atoms with Crippen molar-refractivity contribution in [1.29, 1.82) is 0 Å². The fourth-order valence-electron chi connectivity index (χ4n) is 2.98. The van der Waals surface area contributed by atoms with Crippen LogP contribution in [0.5, 0.6) is 0 Å². The zero-order valence-electron chi connectivity index (χ0n) is 13.5. The zero-order chi connectivity index (χ0) is 14.1. The van der Waals surface area contributed by atoms with Crippen molar-refractivity contribution in [3.63, 3.8) is 0 Å². The van der Waals surface area contributed by atoms with Crippen LogP contribution in [0.1, 0.15) is 76.0 Å². The van der Waals surface area contributed by atoms with Crippen LogP contribution in [0, 0.1) is 12.8 Å².